The van der Waals surface area contributed by atoms with Crippen LogP contribution in [0.2, 0.25) is 0 Å². The first-order valence-corrected chi connectivity index (χ1v) is 3.67. The molecular weight excluding hydrogens is 114 g/mol. The van der Waals surface area contributed by atoms with Gasteiger partial charge in [-0.25, -0.2) is 4.39 Å². The van der Waals surface area contributed by atoms with Gasteiger partial charge in [-0.3, -0.25) is 0 Å². The van der Waals surface area contributed by atoms with E-state index in [1.54, 1.807) is 6.92 Å². The lowest BCUT2D eigenvalue weighted by molar-refractivity contribution is 0.148. The zero-order chi connectivity index (χ0) is 7.49. The van der Waals surface area contributed by atoms with E-state index in [4.69, 9.17) is 0 Å². The van der Waals surface area contributed by atoms with Crippen LogP contribution in [0, 0.1) is 5.92 Å². The Balaban J connectivity index is 3.58. The number of hydrogen-bond donors (Lipinski definition) is 0. The maximum Gasteiger partial charge on any atom is 0.108 e. The van der Waals surface area contributed by atoms with Crippen LogP contribution in [-0.2, 0) is 0 Å². The van der Waals surface area contributed by atoms with Crippen molar-refractivity contribution in [3.63, 3.8) is 0 Å². The van der Waals surface area contributed by atoms with E-state index in [9.17, 15) is 4.39 Å². The minimum absolute atomic E-state index is 0.472. The third-order valence-corrected chi connectivity index (χ3v) is 1.57. The maximum atomic E-state index is 13.1. The summed E-state index contributed by atoms with van der Waals surface area (Å²) in [5.41, 5.74) is -0.936. The van der Waals surface area contributed by atoms with Gasteiger partial charge in [0.1, 0.15) is 5.67 Å². The molecule has 0 heterocycles. The molecule has 56 valence electrons. The molecule has 0 aromatic heterocycles. The summed E-state index contributed by atoms with van der Waals surface area (Å²) in [5, 5.41) is 0. The lowest BCUT2D eigenvalue weighted by atomic mass is 9.93. The summed E-state index contributed by atoms with van der Waals surface area (Å²) < 4.78 is 13.1. The Morgan fingerprint density at radius 1 is 1.44 bits per heavy atom. The van der Waals surface area contributed by atoms with Crippen LogP contribution in [-0.4, -0.2) is 5.67 Å². The van der Waals surface area contributed by atoms with E-state index in [-0.39, 0.29) is 0 Å². The van der Waals surface area contributed by atoms with Crippen LogP contribution in [0.25, 0.3) is 0 Å². The summed E-state index contributed by atoms with van der Waals surface area (Å²) in [4.78, 5) is 0. The molecule has 0 saturated carbocycles. The van der Waals surface area contributed by atoms with Crippen molar-refractivity contribution in [2.24, 2.45) is 5.92 Å². The third kappa shape index (κ3) is 4.43. The zero-order valence-electron chi connectivity index (χ0n) is 6.87. The first-order chi connectivity index (χ1) is 3.98. The average Bonchev–Trinajstić information content (AvgIpc) is 1.63. The summed E-state index contributed by atoms with van der Waals surface area (Å²) in [6.45, 7) is 7.66. The van der Waals surface area contributed by atoms with Gasteiger partial charge in [-0.15, -0.1) is 0 Å². The molecule has 0 bridgehead atoms. The largest absolute Gasteiger partial charge is 0.244 e. The van der Waals surface area contributed by atoms with Crippen molar-refractivity contribution in [2.45, 2.75) is 46.2 Å². The predicted molar refractivity (Wildman–Crippen MR) is 39.3 cm³/mol. The Labute approximate surface area is 57.5 Å². The van der Waals surface area contributed by atoms with Crippen molar-refractivity contribution in [3.05, 3.63) is 0 Å². The van der Waals surface area contributed by atoms with Gasteiger partial charge in [0.25, 0.3) is 0 Å². The molecule has 0 aliphatic carbocycles. The normalized spacial score (nSPS) is 18.0. The smallest absolute Gasteiger partial charge is 0.108 e. The van der Waals surface area contributed by atoms with E-state index >= 15 is 0 Å². The van der Waals surface area contributed by atoms with Crippen LogP contribution in [0.4, 0.5) is 4.39 Å². The first-order valence-electron chi connectivity index (χ1n) is 3.67. The van der Waals surface area contributed by atoms with Crippen molar-refractivity contribution >= 4 is 0 Å². The third-order valence-electron chi connectivity index (χ3n) is 1.57. The summed E-state index contributed by atoms with van der Waals surface area (Å²) in [5.74, 6) is 0.472. The molecule has 0 rings (SSSR count). The quantitative estimate of drug-likeness (QED) is 0.552. The van der Waals surface area contributed by atoms with Gasteiger partial charge in [0, 0.05) is 0 Å². The second-order valence-corrected chi connectivity index (χ2v) is 3.36. The highest BCUT2D eigenvalue weighted by Crippen LogP contribution is 2.23. The van der Waals surface area contributed by atoms with E-state index in [2.05, 4.69) is 0 Å². The van der Waals surface area contributed by atoms with Gasteiger partial charge >= 0.3 is 0 Å². The van der Waals surface area contributed by atoms with Gasteiger partial charge in [0.15, 0.2) is 0 Å². The molecule has 0 amide bonds. The lowest BCUT2D eigenvalue weighted by Crippen LogP contribution is -2.18. The van der Waals surface area contributed by atoms with Gasteiger partial charge in [-0.05, 0) is 25.7 Å². The minimum Gasteiger partial charge on any atom is -0.244 e. The van der Waals surface area contributed by atoms with Crippen LogP contribution >= 0.6 is 0 Å². The molecule has 0 unspecified atom stereocenters. The molecule has 0 aromatic carbocycles. The molecule has 0 N–H and O–H groups in total. The molecule has 0 aliphatic rings. The van der Waals surface area contributed by atoms with Crippen LogP contribution in [0.1, 0.15) is 40.5 Å². The summed E-state index contributed by atoms with van der Waals surface area (Å²) >= 11 is 0. The highest BCUT2D eigenvalue weighted by molar-refractivity contribution is 4.71. The molecule has 0 fully saturated rings. The van der Waals surface area contributed by atoms with Gasteiger partial charge in [-0.2, -0.15) is 0 Å². The highest BCUT2D eigenvalue weighted by atomic mass is 18.2. The molecule has 9 heavy (non-hydrogen) atoms. The molecular formula is C8H17F. The fourth-order valence-electron chi connectivity index (χ4n) is 0.996. The monoisotopic (exact) mass is 131 g/mol. The van der Waals surface area contributed by atoms with Crippen molar-refractivity contribution in [1.29, 1.82) is 0 Å². The van der Waals surface area contributed by atoms with E-state index in [1.807, 2.05) is 20.8 Å². The Hall–Kier alpha value is -0.0700. The fourth-order valence-corrected chi connectivity index (χ4v) is 0.996. The predicted octanol–water partition coefficient (Wildman–Crippen LogP) is 3.17. The van der Waals surface area contributed by atoms with Crippen molar-refractivity contribution in [3.8, 4) is 0 Å². The molecule has 0 nitrogen and oxygen atoms in total. The Kier molecular flexibility index (Phi) is 3.16. The summed E-state index contributed by atoms with van der Waals surface area (Å²) in [6, 6.07) is 0. The van der Waals surface area contributed by atoms with Crippen molar-refractivity contribution in [2.75, 3.05) is 0 Å². The van der Waals surface area contributed by atoms with Gasteiger partial charge < -0.3 is 0 Å². The highest BCUT2D eigenvalue weighted by Gasteiger charge is 2.20. The molecule has 0 radical (unpaired) electrons. The van der Waals surface area contributed by atoms with E-state index < -0.39 is 5.67 Å². The Bertz CT molecular complexity index is 74.6. The lowest BCUT2D eigenvalue weighted by Gasteiger charge is -2.19. The number of rotatable bonds is 3. The first kappa shape index (κ1) is 8.93. The molecule has 0 saturated heterocycles. The summed E-state index contributed by atoms with van der Waals surface area (Å²) in [7, 11) is 0. The molecule has 0 aliphatic heterocycles. The average molecular weight is 131 g/mol. The standard InChI is InChI=1S/C8H17F/c1-5-8(4,9)6-7(2)3/h7H,5-6H2,1-4H3/t8-/m0/s1/i9-1. The van der Waals surface area contributed by atoms with E-state index in [0.29, 0.717) is 18.8 Å². The van der Waals surface area contributed by atoms with E-state index in [1.165, 1.54) is 0 Å². The molecule has 0 spiro atoms. The molecule has 1 atom stereocenters. The number of halogens is 1. The van der Waals surface area contributed by atoms with Crippen LogP contribution in [0.5, 0.6) is 0 Å². The van der Waals surface area contributed by atoms with Crippen molar-refractivity contribution in [1.82, 2.24) is 0 Å². The van der Waals surface area contributed by atoms with Gasteiger partial charge in [0.05, 0.1) is 0 Å². The Morgan fingerprint density at radius 3 is 2.00 bits per heavy atom. The second kappa shape index (κ2) is 3.19. The second-order valence-electron chi connectivity index (χ2n) is 3.36. The minimum atomic E-state index is -0.936. The van der Waals surface area contributed by atoms with Gasteiger partial charge in [0.2, 0.25) is 0 Å². The van der Waals surface area contributed by atoms with E-state index in [0.717, 1.165) is 0 Å². The topological polar surface area (TPSA) is 0 Å². The fraction of sp³-hybridized carbons (Fsp3) is 1.00. The van der Waals surface area contributed by atoms with Crippen LogP contribution in [0.15, 0.2) is 0 Å². The zero-order valence-corrected chi connectivity index (χ0v) is 6.87. The summed E-state index contributed by atoms with van der Waals surface area (Å²) in [6.07, 6.45) is 1.31. The number of alkyl halides is 1. The van der Waals surface area contributed by atoms with Crippen LogP contribution < -0.4 is 0 Å². The molecule has 0 aromatic rings. The van der Waals surface area contributed by atoms with Crippen molar-refractivity contribution < 1.29 is 4.39 Å². The van der Waals surface area contributed by atoms with Gasteiger partial charge in [-0.1, -0.05) is 20.8 Å². The Morgan fingerprint density at radius 2 is 1.89 bits per heavy atom. The number of hydrogen-bond acceptors (Lipinski definition) is 0. The maximum absolute atomic E-state index is 13.1. The SMILES string of the molecule is CC[C@](C)([18F])CC(C)C. The van der Waals surface area contributed by atoms with Crippen LogP contribution in [0.3, 0.4) is 0 Å². The molecule has 1 heteroatoms.